The van der Waals surface area contributed by atoms with Crippen LogP contribution in [0.5, 0.6) is 0 Å². The highest BCUT2D eigenvalue weighted by Crippen LogP contribution is 2.43. The van der Waals surface area contributed by atoms with Gasteiger partial charge in [-0.05, 0) is 29.5 Å². The summed E-state index contributed by atoms with van der Waals surface area (Å²) >= 11 is 0. The van der Waals surface area contributed by atoms with E-state index in [4.69, 9.17) is 4.74 Å². The topological polar surface area (TPSA) is 29.5 Å². The molecule has 1 aromatic carbocycles. The van der Waals surface area contributed by atoms with Crippen molar-refractivity contribution in [2.45, 2.75) is 33.7 Å². The molecule has 1 aliphatic rings. The first-order valence-electron chi connectivity index (χ1n) is 8.29. The minimum atomic E-state index is -0.282. The van der Waals surface area contributed by atoms with Crippen LogP contribution in [0.25, 0.3) is 0 Å². The minimum absolute atomic E-state index is 0.144. The second kappa shape index (κ2) is 7.20. The van der Waals surface area contributed by atoms with Crippen LogP contribution in [-0.4, -0.2) is 25.3 Å². The molecule has 0 fully saturated rings. The summed E-state index contributed by atoms with van der Waals surface area (Å²) in [5.41, 5.74) is 3.57. The normalized spacial score (nSPS) is 18.7. The predicted molar refractivity (Wildman–Crippen MR) is 93.7 cm³/mol. The Hall–Kier alpha value is -2.10. The number of ether oxygens (including phenoxy) is 1. The molecule has 0 N–H and O–H groups in total. The third-order valence-electron chi connectivity index (χ3n) is 4.49. The van der Waals surface area contributed by atoms with Gasteiger partial charge in [-0.3, -0.25) is 4.79 Å². The van der Waals surface area contributed by atoms with E-state index < -0.39 is 0 Å². The van der Waals surface area contributed by atoms with Crippen molar-refractivity contribution in [2.24, 2.45) is 11.8 Å². The number of carbonyl (C=O) groups excluding carboxylic acids is 1. The first-order valence-corrected chi connectivity index (χ1v) is 8.29. The van der Waals surface area contributed by atoms with Gasteiger partial charge in [0.05, 0.1) is 18.8 Å². The third-order valence-corrected chi connectivity index (χ3v) is 4.49. The number of hydrogen-bond donors (Lipinski definition) is 0. The Bertz CT molecular complexity index is 671. The van der Waals surface area contributed by atoms with Crippen LogP contribution in [0.15, 0.2) is 46.9 Å². The predicted octanol–water partition coefficient (Wildman–Crippen LogP) is 4.48. The lowest BCUT2D eigenvalue weighted by Gasteiger charge is -2.41. The molecular formula is C20H26FNO2. The zero-order valence-corrected chi connectivity index (χ0v) is 15.3. The van der Waals surface area contributed by atoms with Crippen molar-refractivity contribution >= 4 is 6.29 Å². The van der Waals surface area contributed by atoms with E-state index in [-0.39, 0.29) is 23.7 Å². The van der Waals surface area contributed by atoms with Crippen molar-refractivity contribution in [3.8, 4) is 0 Å². The lowest BCUT2D eigenvalue weighted by molar-refractivity contribution is -0.105. The molecule has 0 spiro atoms. The van der Waals surface area contributed by atoms with Crippen molar-refractivity contribution < 1.29 is 13.9 Å². The molecule has 0 amide bonds. The van der Waals surface area contributed by atoms with Crippen LogP contribution < -0.4 is 0 Å². The number of allylic oxidation sites excluding steroid dienone is 2. The highest BCUT2D eigenvalue weighted by atomic mass is 19.1. The van der Waals surface area contributed by atoms with Gasteiger partial charge in [0.2, 0.25) is 0 Å². The van der Waals surface area contributed by atoms with Gasteiger partial charge in [-0.15, -0.1) is 0 Å². The summed E-state index contributed by atoms with van der Waals surface area (Å²) < 4.78 is 19.0. The molecule has 24 heavy (non-hydrogen) atoms. The fourth-order valence-corrected chi connectivity index (χ4v) is 3.58. The molecule has 1 unspecified atom stereocenters. The van der Waals surface area contributed by atoms with Gasteiger partial charge in [0, 0.05) is 18.2 Å². The van der Waals surface area contributed by atoms with Crippen molar-refractivity contribution in [3.05, 3.63) is 58.2 Å². The molecule has 0 aliphatic carbocycles. The number of nitrogens with zero attached hydrogens (tertiary/aromatic N) is 1. The van der Waals surface area contributed by atoms with Crippen LogP contribution in [0.4, 0.5) is 4.39 Å². The Morgan fingerprint density at radius 2 is 1.71 bits per heavy atom. The van der Waals surface area contributed by atoms with Crippen molar-refractivity contribution in [1.29, 1.82) is 0 Å². The number of benzene rings is 1. The maximum absolute atomic E-state index is 13.3. The van der Waals surface area contributed by atoms with E-state index in [1.807, 2.05) is 7.05 Å². The summed E-state index contributed by atoms with van der Waals surface area (Å²) in [6.45, 7) is 8.33. The van der Waals surface area contributed by atoms with Crippen molar-refractivity contribution in [3.63, 3.8) is 0 Å². The summed E-state index contributed by atoms with van der Waals surface area (Å²) in [5, 5.41) is 0. The number of likely N-dealkylation sites (N-methyl/N-ethyl adjacent to an activating group) is 1. The van der Waals surface area contributed by atoms with Gasteiger partial charge in [0.25, 0.3) is 0 Å². The molecule has 0 saturated heterocycles. The van der Waals surface area contributed by atoms with Gasteiger partial charge in [-0.2, -0.15) is 0 Å². The lowest BCUT2D eigenvalue weighted by atomic mass is 9.82. The van der Waals surface area contributed by atoms with Gasteiger partial charge in [-0.1, -0.05) is 39.8 Å². The summed E-state index contributed by atoms with van der Waals surface area (Å²) in [5.74, 6) is 0.874. The second-order valence-electron chi connectivity index (χ2n) is 6.78. The zero-order chi connectivity index (χ0) is 18.0. The molecule has 1 aromatic rings. The van der Waals surface area contributed by atoms with E-state index in [0.717, 1.165) is 28.9 Å². The van der Waals surface area contributed by atoms with E-state index in [9.17, 15) is 9.18 Å². The van der Waals surface area contributed by atoms with Gasteiger partial charge in [0.1, 0.15) is 17.9 Å². The largest absolute Gasteiger partial charge is 0.495 e. The van der Waals surface area contributed by atoms with Crippen LogP contribution in [0.1, 0.15) is 39.3 Å². The first kappa shape index (κ1) is 18.2. The Morgan fingerprint density at radius 1 is 1.12 bits per heavy atom. The van der Waals surface area contributed by atoms with Gasteiger partial charge < -0.3 is 9.64 Å². The van der Waals surface area contributed by atoms with Crippen LogP contribution in [0.3, 0.4) is 0 Å². The summed E-state index contributed by atoms with van der Waals surface area (Å²) in [7, 11) is 3.61. The second-order valence-corrected chi connectivity index (χ2v) is 6.78. The van der Waals surface area contributed by atoms with Crippen LogP contribution in [-0.2, 0) is 9.53 Å². The molecule has 0 bridgehead atoms. The lowest BCUT2D eigenvalue weighted by Crippen LogP contribution is -2.35. The number of hydrogen-bond acceptors (Lipinski definition) is 3. The maximum atomic E-state index is 13.3. The fraction of sp³-hybridized carbons (Fsp3) is 0.450. The highest BCUT2D eigenvalue weighted by Gasteiger charge is 2.36. The average molecular weight is 331 g/mol. The van der Waals surface area contributed by atoms with Crippen molar-refractivity contribution in [2.75, 3.05) is 14.2 Å². The first-order chi connectivity index (χ1) is 11.3. The molecule has 1 atom stereocenters. The smallest absolute Gasteiger partial charge is 0.148 e. The van der Waals surface area contributed by atoms with Crippen molar-refractivity contribution in [1.82, 2.24) is 4.90 Å². The summed E-state index contributed by atoms with van der Waals surface area (Å²) in [6.07, 6.45) is 0.913. The van der Waals surface area contributed by atoms with E-state index in [0.29, 0.717) is 5.57 Å². The average Bonchev–Trinajstić information content (AvgIpc) is 2.53. The molecule has 1 aliphatic heterocycles. The van der Waals surface area contributed by atoms with E-state index in [1.165, 1.54) is 12.1 Å². The zero-order valence-electron chi connectivity index (χ0n) is 15.3. The third kappa shape index (κ3) is 3.10. The molecule has 4 heteroatoms. The maximum Gasteiger partial charge on any atom is 0.148 e. The SMILES string of the molecule is COC1=C(C(C)C)N(C)C(c2ccc(F)cc2)C(C=O)=C1C(C)C. The summed E-state index contributed by atoms with van der Waals surface area (Å²) in [6, 6.07) is 6.12. The van der Waals surface area contributed by atoms with Gasteiger partial charge in [0.15, 0.2) is 0 Å². The fourth-order valence-electron chi connectivity index (χ4n) is 3.58. The van der Waals surface area contributed by atoms with Gasteiger partial charge in [-0.25, -0.2) is 4.39 Å². The molecule has 2 rings (SSSR count). The monoisotopic (exact) mass is 331 g/mol. The van der Waals surface area contributed by atoms with E-state index >= 15 is 0 Å². The number of aldehydes is 1. The molecule has 0 radical (unpaired) electrons. The molecule has 1 heterocycles. The highest BCUT2D eigenvalue weighted by molar-refractivity contribution is 5.80. The summed E-state index contributed by atoms with van der Waals surface area (Å²) in [4.78, 5) is 14.0. The Balaban J connectivity index is 2.74. The van der Waals surface area contributed by atoms with Crippen LogP contribution >= 0.6 is 0 Å². The standard InChI is InChI=1S/C20H26FNO2/c1-12(2)17-16(11-23)19(14-7-9-15(21)10-8-14)22(5)18(13(3)4)20(17)24-6/h7-13,19H,1-6H3. The number of methoxy groups -OCH3 is 1. The molecular weight excluding hydrogens is 305 g/mol. The minimum Gasteiger partial charge on any atom is -0.495 e. The number of rotatable bonds is 5. The van der Waals surface area contributed by atoms with E-state index in [2.05, 4.69) is 32.6 Å². The van der Waals surface area contributed by atoms with E-state index in [1.54, 1.807) is 19.2 Å². The Morgan fingerprint density at radius 3 is 2.12 bits per heavy atom. The molecule has 0 saturated carbocycles. The molecule has 3 nitrogen and oxygen atoms in total. The number of halogens is 1. The Labute approximate surface area is 143 Å². The van der Waals surface area contributed by atoms with Crippen LogP contribution in [0.2, 0.25) is 0 Å². The van der Waals surface area contributed by atoms with Crippen LogP contribution in [0, 0.1) is 17.7 Å². The Kier molecular flexibility index (Phi) is 5.47. The number of carbonyl (C=O) groups is 1. The van der Waals surface area contributed by atoms with Gasteiger partial charge >= 0.3 is 0 Å². The molecule has 130 valence electrons. The molecule has 0 aromatic heterocycles. The quantitative estimate of drug-likeness (QED) is 0.745.